The molecule has 1 N–H and O–H groups in total. The van der Waals surface area contributed by atoms with Gasteiger partial charge in [-0.3, -0.25) is 4.79 Å². The van der Waals surface area contributed by atoms with Crippen molar-refractivity contribution >= 4 is 22.5 Å². The van der Waals surface area contributed by atoms with Crippen molar-refractivity contribution in [2.24, 2.45) is 0 Å². The number of pyridine rings is 1. The molecule has 0 radical (unpaired) electrons. The average molecular weight is 359 g/mol. The van der Waals surface area contributed by atoms with E-state index in [9.17, 15) is 4.79 Å². The number of carbonyl (C=O) groups excluding carboxylic acids is 1. The van der Waals surface area contributed by atoms with E-state index in [1.807, 2.05) is 48.7 Å². The molecule has 1 aliphatic heterocycles. The van der Waals surface area contributed by atoms with Crippen molar-refractivity contribution in [2.45, 2.75) is 32.2 Å². The number of anilines is 1. The maximum Gasteiger partial charge on any atom is 0.252 e. The number of benzene rings is 2. The predicted octanol–water partition coefficient (Wildman–Crippen LogP) is 4.55. The number of amides is 1. The Bertz CT molecular complexity index is 907. The summed E-state index contributed by atoms with van der Waals surface area (Å²) in [6.07, 6.45) is 6.99. The Kier molecular flexibility index (Phi) is 5.33. The van der Waals surface area contributed by atoms with E-state index in [-0.39, 0.29) is 5.91 Å². The van der Waals surface area contributed by atoms with Gasteiger partial charge in [-0.25, -0.2) is 4.98 Å². The van der Waals surface area contributed by atoms with Gasteiger partial charge in [0.1, 0.15) is 5.82 Å². The highest BCUT2D eigenvalue weighted by Gasteiger charge is 2.12. The summed E-state index contributed by atoms with van der Waals surface area (Å²) < 4.78 is 0. The van der Waals surface area contributed by atoms with Gasteiger partial charge in [-0.1, -0.05) is 55.3 Å². The maximum absolute atomic E-state index is 12.6. The van der Waals surface area contributed by atoms with Gasteiger partial charge in [0.2, 0.25) is 0 Å². The molecule has 1 aliphatic rings. The Labute approximate surface area is 160 Å². The summed E-state index contributed by atoms with van der Waals surface area (Å²) in [7, 11) is 0. The van der Waals surface area contributed by atoms with Crippen LogP contribution in [0.1, 0.15) is 41.6 Å². The zero-order valence-corrected chi connectivity index (χ0v) is 15.5. The van der Waals surface area contributed by atoms with Crippen LogP contribution in [0.25, 0.3) is 10.8 Å². The van der Waals surface area contributed by atoms with E-state index >= 15 is 0 Å². The zero-order valence-electron chi connectivity index (χ0n) is 15.5. The van der Waals surface area contributed by atoms with Gasteiger partial charge in [-0.15, -0.1) is 0 Å². The number of hydrogen-bond donors (Lipinski definition) is 1. The largest absolute Gasteiger partial charge is 0.357 e. The lowest BCUT2D eigenvalue weighted by molar-refractivity contribution is 0.0952. The van der Waals surface area contributed by atoms with Gasteiger partial charge in [0, 0.05) is 31.4 Å². The average Bonchev–Trinajstić information content (AvgIpc) is 3.01. The first-order valence-electron chi connectivity index (χ1n) is 9.77. The Morgan fingerprint density at radius 3 is 2.48 bits per heavy atom. The number of rotatable bonds is 4. The topological polar surface area (TPSA) is 45.2 Å². The van der Waals surface area contributed by atoms with Crippen LogP contribution < -0.4 is 10.2 Å². The van der Waals surface area contributed by atoms with Crippen LogP contribution in [0.4, 0.5) is 5.82 Å². The minimum Gasteiger partial charge on any atom is -0.357 e. The second-order valence-corrected chi connectivity index (χ2v) is 7.14. The first-order valence-corrected chi connectivity index (χ1v) is 9.77. The van der Waals surface area contributed by atoms with Crippen molar-refractivity contribution in [1.82, 2.24) is 10.3 Å². The van der Waals surface area contributed by atoms with Gasteiger partial charge in [0.15, 0.2) is 0 Å². The molecule has 138 valence electrons. The van der Waals surface area contributed by atoms with Gasteiger partial charge in [0.25, 0.3) is 5.91 Å². The van der Waals surface area contributed by atoms with Crippen molar-refractivity contribution in [3.8, 4) is 0 Å². The first-order chi connectivity index (χ1) is 13.3. The summed E-state index contributed by atoms with van der Waals surface area (Å²) in [6, 6.07) is 17.9. The van der Waals surface area contributed by atoms with Crippen molar-refractivity contribution in [3.63, 3.8) is 0 Å². The van der Waals surface area contributed by atoms with E-state index in [0.29, 0.717) is 12.1 Å². The molecule has 2 aromatic carbocycles. The summed E-state index contributed by atoms with van der Waals surface area (Å²) in [5.41, 5.74) is 1.73. The van der Waals surface area contributed by atoms with Gasteiger partial charge in [0.05, 0.1) is 0 Å². The third-order valence-electron chi connectivity index (χ3n) is 5.23. The lowest BCUT2D eigenvalue weighted by atomic mass is 10.0. The van der Waals surface area contributed by atoms with Crippen LogP contribution in [0, 0.1) is 0 Å². The van der Waals surface area contributed by atoms with E-state index in [0.717, 1.165) is 35.2 Å². The lowest BCUT2D eigenvalue weighted by Crippen LogP contribution is -2.25. The van der Waals surface area contributed by atoms with E-state index in [1.54, 1.807) is 0 Å². The second kappa shape index (κ2) is 8.21. The molecular formula is C23H25N3O. The molecular weight excluding hydrogens is 334 g/mol. The van der Waals surface area contributed by atoms with Crippen LogP contribution in [0.3, 0.4) is 0 Å². The fourth-order valence-corrected chi connectivity index (χ4v) is 3.71. The van der Waals surface area contributed by atoms with Crippen LogP contribution in [-0.2, 0) is 6.54 Å². The predicted molar refractivity (Wildman–Crippen MR) is 110 cm³/mol. The SMILES string of the molecule is O=C(NCc1ccc(N2CCCCCC2)nc1)c1cccc2ccccc12. The molecule has 0 spiro atoms. The summed E-state index contributed by atoms with van der Waals surface area (Å²) in [6.45, 7) is 2.66. The maximum atomic E-state index is 12.6. The third kappa shape index (κ3) is 4.11. The number of hydrogen-bond acceptors (Lipinski definition) is 3. The summed E-state index contributed by atoms with van der Waals surface area (Å²) in [5, 5.41) is 5.08. The number of fused-ring (bicyclic) bond motifs is 1. The Balaban J connectivity index is 1.41. The molecule has 0 unspecified atom stereocenters. The Hall–Kier alpha value is -2.88. The normalized spacial score (nSPS) is 14.7. The molecule has 1 amide bonds. The third-order valence-corrected chi connectivity index (χ3v) is 5.23. The molecule has 27 heavy (non-hydrogen) atoms. The van der Waals surface area contributed by atoms with Crippen molar-refractivity contribution in [2.75, 3.05) is 18.0 Å². The molecule has 4 heteroatoms. The summed E-state index contributed by atoms with van der Waals surface area (Å²) in [4.78, 5) is 19.6. The minimum absolute atomic E-state index is 0.0524. The van der Waals surface area contributed by atoms with Crippen LogP contribution in [0.2, 0.25) is 0 Å². The molecule has 3 aromatic rings. The quantitative estimate of drug-likeness (QED) is 0.743. The van der Waals surface area contributed by atoms with Crippen molar-refractivity contribution in [3.05, 3.63) is 71.9 Å². The Morgan fingerprint density at radius 1 is 0.926 bits per heavy atom. The molecule has 0 saturated carbocycles. The molecule has 1 fully saturated rings. The standard InChI is InChI=1S/C23H25N3O/c27-23(21-11-7-9-19-8-3-4-10-20(19)21)25-17-18-12-13-22(24-16-18)26-14-5-1-2-6-15-26/h3-4,7-13,16H,1-2,5-6,14-15,17H2,(H,25,27). The van der Waals surface area contributed by atoms with Crippen LogP contribution >= 0.6 is 0 Å². The number of carbonyl (C=O) groups is 1. The van der Waals surface area contributed by atoms with Gasteiger partial charge >= 0.3 is 0 Å². The number of nitrogens with zero attached hydrogens (tertiary/aromatic N) is 2. The van der Waals surface area contributed by atoms with Crippen LogP contribution in [0.15, 0.2) is 60.8 Å². The van der Waals surface area contributed by atoms with Gasteiger partial charge in [-0.2, -0.15) is 0 Å². The highest BCUT2D eigenvalue weighted by atomic mass is 16.1. The molecule has 0 bridgehead atoms. The molecule has 0 atom stereocenters. The minimum atomic E-state index is -0.0524. The monoisotopic (exact) mass is 359 g/mol. The van der Waals surface area contributed by atoms with E-state index in [1.165, 1.54) is 25.7 Å². The molecule has 1 aromatic heterocycles. The fourth-order valence-electron chi connectivity index (χ4n) is 3.71. The van der Waals surface area contributed by atoms with Crippen molar-refractivity contribution in [1.29, 1.82) is 0 Å². The van der Waals surface area contributed by atoms with E-state index in [2.05, 4.69) is 27.3 Å². The molecule has 0 aliphatic carbocycles. The number of aromatic nitrogens is 1. The first kappa shape index (κ1) is 17.5. The smallest absolute Gasteiger partial charge is 0.252 e. The molecule has 1 saturated heterocycles. The Morgan fingerprint density at radius 2 is 1.70 bits per heavy atom. The summed E-state index contributed by atoms with van der Waals surface area (Å²) in [5.74, 6) is 0.990. The molecule has 4 rings (SSSR count). The highest BCUT2D eigenvalue weighted by Crippen LogP contribution is 2.19. The lowest BCUT2D eigenvalue weighted by Gasteiger charge is -2.21. The number of nitrogens with one attached hydrogen (secondary N) is 1. The van der Waals surface area contributed by atoms with Crippen molar-refractivity contribution < 1.29 is 4.79 Å². The molecule has 4 nitrogen and oxygen atoms in total. The second-order valence-electron chi connectivity index (χ2n) is 7.14. The van der Waals surface area contributed by atoms with E-state index < -0.39 is 0 Å². The van der Waals surface area contributed by atoms with Gasteiger partial charge in [-0.05, 0) is 41.3 Å². The van der Waals surface area contributed by atoms with Crippen LogP contribution in [-0.4, -0.2) is 24.0 Å². The summed E-state index contributed by atoms with van der Waals surface area (Å²) >= 11 is 0. The fraction of sp³-hybridized carbons (Fsp3) is 0.304. The zero-order chi connectivity index (χ0) is 18.5. The van der Waals surface area contributed by atoms with E-state index in [4.69, 9.17) is 0 Å². The highest BCUT2D eigenvalue weighted by molar-refractivity contribution is 6.06. The molecule has 2 heterocycles. The van der Waals surface area contributed by atoms with Gasteiger partial charge < -0.3 is 10.2 Å². The van der Waals surface area contributed by atoms with Crippen LogP contribution in [0.5, 0.6) is 0 Å².